The lowest BCUT2D eigenvalue weighted by atomic mass is 9.56. The number of thioether (sulfide) groups is 1. The molecule has 7 rings (SSSR count). The van der Waals surface area contributed by atoms with E-state index in [1.807, 2.05) is 36.4 Å². The third-order valence-electron chi connectivity index (χ3n) is 11.1. The number of hydrogen-bond donors (Lipinski definition) is 2. The van der Waals surface area contributed by atoms with Gasteiger partial charge in [0.05, 0.1) is 23.5 Å². The molecule has 53 heavy (non-hydrogen) atoms. The maximum Gasteiger partial charge on any atom is 0.231 e. The highest BCUT2D eigenvalue weighted by Gasteiger charge is 2.64. The largest absolute Gasteiger partial charge is 0.492 e. The van der Waals surface area contributed by atoms with Gasteiger partial charge in [0.2, 0.25) is 5.79 Å². The third kappa shape index (κ3) is 8.87. The van der Waals surface area contributed by atoms with E-state index in [0.717, 1.165) is 97.0 Å². The average molecular weight is 739 g/mol. The van der Waals surface area contributed by atoms with Crippen molar-refractivity contribution >= 4 is 17.5 Å². The Morgan fingerprint density at radius 1 is 0.943 bits per heavy atom. The Kier molecular flexibility index (Phi) is 12.9. The number of hydrogen-bond acceptors (Lipinski definition) is 9. The SMILES string of the molecule is C=CCOC12Oc3ccc(OCCN4CC4)cc3C3C(CCCCO)C(CCCCO)C=C(C(=NOCc4ccccc4)CC1Sc1ccccc1)C32. The van der Waals surface area contributed by atoms with Crippen LogP contribution in [0.5, 0.6) is 11.5 Å². The van der Waals surface area contributed by atoms with Crippen LogP contribution < -0.4 is 9.47 Å². The van der Waals surface area contributed by atoms with Crippen molar-refractivity contribution < 1.29 is 29.3 Å². The molecule has 0 radical (unpaired) electrons. The molecule has 2 aliphatic carbocycles. The number of allylic oxidation sites excluding steroid dienone is 1. The molecule has 6 atom stereocenters. The van der Waals surface area contributed by atoms with Gasteiger partial charge in [0.1, 0.15) is 24.7 Å². The fourth-order valence-electron chi connectivity index (χ4n) is 8.52. The molecule has 1 saturated carbocycles. The van der Waals surface area contributed by atoms with Crippen LogP contribution >= 0.6 is 11.8 Å². The summed E-state index contributed by atoms with van der Waals surface area (Å²) in [5.41, 5.74) is 4.26. The van der Waals surface area contributed by atoms with Crippen LogP contribution in [0.15, 0.2) is 113 Å². The summed E-state index contributed by atoms with van der Waals surface area (Å²) in [5.74, 6) is 0.953. The second-order valence-electron chi connectivity index (χ2n) is 14.6. The number of benzene rings is 3. The molecule has 2 fully saturated rings. The maximum atomic E-state index is 9.89. The molecule has 3 aromatic rings. The first-order valence-corrected chi connectivity index (χ1v) is 20.3. The molecule has 3 aromatic carbocycles. The van der Waals surface area contributed by atoms with E-state index < -0.39 is 5.79 Å². The van der Waals surface area contributed by atoms with E-state index in [4.69, 9.17) is 24.2 Å². The van der Waals surface area contributed by atoms with Crippen molar-refractivity contribution in [3.05, 3.63) is 114 Å². The van der Waals surface area contributed by atoms with Crippen molar-refractivity contribution in [3.63, 3.8) is 0 Å². The zero-order valence-electron chi connectivity index (χ0n) is 30.7. The molecule has 8 nitrogen and oxygen atoms in total. The molecule has 0 spiro atoms. The molecule has 0 amide bonds. The number of aliphatic hydroxyl groups is 2. The van der Waals surface area contributed by atoms with Crippen LogP contribution in [0.25, 0.3) is 0 Å². The van der Waals surface area contributed by atoms with Crippen molar-refractivity contribution in [1.29, 1.82) is 0 Å². The van der Waals surface area contributed by atoms with Gasteiger partial charge in [-0.3, -0.25) is 4.90 Å². The normalized spacial score (nSPS) is 26.6. The molecule has 0 aromatic heterocycles. The van der Waals surface area contributed by atoms with E-state index in [1.165, 1.54) is 0 Å². The minimum Gasteiger partial charge on any atom is -0.492 e. The van der Waals surface area contributed by atoms with Crippen molar-refractivity contribution in [3.8, 4) is 11.5 Å². The minimum absolute atomic E-state index is 0.0237. The molecular formula is C44H54N2O6S. The van der Waals surface area contributed by atoms with Crippen LogP contribution in [0.3, 0.4) is 0 Å². The Morgan fingerprint density at radius 3 is 2.43 bits per heavy atom. The highest BCUT2D eigenvalue weighted by atomic mass is 32.2. The first-order valence-electron chi connectivity index (χ1n) is 19.4. The quantitative estimate of drug-likeness (QED) is 0.0522. The molecule has 2 aliphatic heterocycles. The summed E-state index contributed by atoms with van der Waals surface area (Å²) >= 11 is 1.77. The fourth-order valence-corrected chi connectivity index (χ4v) is 9.83. The van der Waals surface area contributed by atoms with Crippen LogP contribution in [-0.2, 0) is 16.2 Å². The molecule has 6 unspecified atom stereocenters. The standard InChI is InChI=1S/C44H54N2O6S/c1-2-26-50-44-41(53-35-16-7-4-8-17-35)30-39(45-51-31-32-13-5-3-6-14-32)37-28-33(15-9-11-24-47)36(18-10-12-25-48)42(43(37)44)38-29-34(19-20-40(38)52-44)49-27-23-46-21-22-46/h2-8,13-14,16-17,19-20,28-29,33,36,41-43,47-48H,1,9-12,15,18,21-27,30-31H2. The van der Waals surface area contributed by atoms with Gasteiger partial charge in [-0.1, -0.05) is 78.7 Å². The molecule has 1 saturated heterocycles. The zero-order valence-corrected chi connectivity index (χ0v) is 31.5. The Hall–Kier alpha value is -3.60. The monoisotopic (exact) mass is 738 g/mol. The predicted octanol–water partition coefficient (Wildman–Crippen LogP) is 8.01. The van der Waals surface area contributed by atoms with E-state index in [1.54, 1.807) is 11.8 Å². The van der Waals surface area contributed by atoms with Gasteiger partial charge < -0.3 is 29.3 Å². The molecule has 0 bridgehead atoms. The number of rotatable bonds is 20. The Balaban J connectivity index is 1.36. The van der Waals surface area contributed by atoms with Crippen LogP contribution in [-0.4, -0.2) is 77.9 Å². The number of unbranched alkanes of at least 4 members (excludes halogenated alkanes) is 2. The van der Waals surface area contributed by atoms with Gasteiger partial charge in [-0.2, -0.15) is 0 Å². The summed E-state index contributed by atoms with van der Waals surface area (Å²) in [6.07, 6.45) is 10.1. The van der Waals surface area contributed by atoms with Gasteiger partial charge in [-0.05, 0) is 79.0 Å². The summed E-state index contributed by atoms with van der Waals surface area (Å²) < 4.78 is 20.8. The Labute approximate surface area is 318 Å². The minimum atomic E-state index is -1.02. The van der Waals surface area contributed by atoms with Gasteiger partial charge in [0.15, 0.2) is 0 Å². The van der Waals surface area contributed by atoms with Crippen LogP contribution in [0.2, 0.25) is 0 Å². The number of oxime groups is 1. The lowest BCUT2D eigenvalue weighted by Crippen LogP contribution is -2.64. The first-order chi connectivity index (χ1) is 26.1. The van der Waals surface area contributed by atoms with Crippen LogP contribution in [0.1, 0.15) is 62.0 Å². The summed E-state index contributed by atoms with van der Waals surface area (Å²) in [4.78, 5) is 9.70. The van der Waals surface area contributed by atoms with E-state index in [-0.39, 0.29) is 42.1 Å². The molecule has 282 valence electrons. The van der Waals surface area contributed by atoms with Crippen molar-refractivity contribution in [2.24, 2.45) is 22.9 Å². The predicted molar refractivity (Wildman–Crippen MR) is 210 cm³/mol. The topological polar surface area (TPSA) is 92.8 Å². The molecular weight excluding hydrogens is 685 g/mol. The molecule has 4 aliphatic rings. The van der Waals surface area contributed by atoms with Gasteiger partial charge in [-0.25, -0.2) is 0 Å². The number of nitrogens with zero attached hydrogens (tertiary/aromatic N) is 2. The van der Waals surface area contributed by atoms with Gasteiger partial charge in [0.25, 0.3) is 0 Å². The summed E-state index contributed by atoms with van der Waals surface area (Å²) in [5, 5.41) is 24.5. The van der Waals surface area contributed by atoms with E-state index in [9.17, 15) is 10.2 Å². The van der Waals surface area contributed by atoms with Crippen molar-refractivity contribution in [2.45, 2.75) is 73.4 Å². The lowest BCUT2D eigenvalue weighted by molar-refractivity contribution is -0.223. The number of ether oxygens (including phenoxy) is 3. The first kappa shape index (κ1) is 37.7. The second kappa shape index (κ2) is 18.2. The maximum absolute atomic E-state index is 9.89. The smallest absolute Gasteiger partial charge is 0.231 e. The van der Waals surface area contributed by atoms with Crippen molar-refractivity contribution in [1.82, 2.24) is 4.90 Å². The molecule has 9 heteroatoms. The Bertz CT molecular complexity index is 1700. The van der Waals surface area contributed by atoms with Gasteiger partial charge in [-0.15, -0.1) is 18.3 Å². The summed E-state index contributed by atoms with van der Waals surface area (Å²) in [6.45, 7) is 8.95. The number of aliphatic hydroxyl groups excluding tert-OH is 2. The van der Waals surface area contributed by atoms with E-state index in [0.29, 0.717) is 26.2 Å². The van der Waals surface area contributed by atoms with Crippen LogP contribution in [0.4, 0.5) is 0 Å². The molecule has 2 heterocycles. The third-order valence-corrected chi connectivity index (χ3v) is 12.4. The summed E-state index contributed by atoms with van der Waals surface area (Å²) in [6, 6.07) is 27.0. The second-order valence-corrected chi connectivity index (χ2v) is 15.9. The fraction of sp³-hybridized carbons (Fsp3) is 0.477. The average Bonchev–Trinajstić information content (AvgIpc) is 4.02. The van der Waals surface area contributed by atoms with E-state index in [2.05, 4.69) is 66.1 Å². The van der Waals surface area contributed by atoms with E-state index >= 15 is 0 Å². The van der Waals surface area contributed by atoms with Crippen LogP contribution in [0, 0.1) is 17.8 Å². The Morgan fingerprint density at radius 2 is 1.70 bits per heavy atom. The highest BCUT2D eigenvalue weighted by molar-refractivity contribution is 8.00. The van der Waals surface area contributed by atoms with Crippen molar-refractivity contribution in [2.75, 3.05) is 46.1 Å². The number of fused-ring (bicyclic) bond motifs is 2. The lowest BCUT2D eigenvalue weighted by Gasteiger charge is -2.58. The zero-order chi connectivity index (χ0) is 36.5. The highest BCUT2D eigenvalue weighted by Crippen LogP contribution is 2.63. The molecule has 2 N–H and O–H groups in total. The summed E-state index contributed by atoms with van der Waals surface area (Å²) in [7, 11) is 0. The van der Waals surface area contributed by atoms with Gasteiger partial charge >= 0.3 is 0 Å². The van der Waals surface area contributed by atoms with Gasteiger partial charge in [0, 0.05) is 55.6 Å².